The minimum Gasteiger partial charge on any atom is -0.482 e. The molecule has 1 aromatic rings. The molecule has 4 heteroatoms. The van der Waals surface area contributed by atoms with Crippen LogP contribution in [0.15, 0.2) is 18.2 Å². The molecule has 0 bridgehead atoms. The van der Waals surface area contributed by atoms with E-state index in [0.717, 1.165) is 31.6 Å². The Labute approximate surface area is 114 Å². The summed E-state index contributed by atoms with van der Waals surface area (Å²) in [6.07, 6.45) is 3.25. The van der Waals surface area contributed by atoms with Crippen molar-refractivity contribution in [3.05, 3.63) is 29.3 Å². The molecule has 0 saturated heterocycles. The van der Waals surface area contributed by atoms with Crippen molar-refractivity contribution in [1.82, 2.24) is 5.32 Å². The van der Waals surface area contributed by atoms with Crippen LogP contribution in [0.1, 0.15) is 17.5 Å². The Kier molecular flexibility index (Phi) is 4.80. The van der Waals surface area contributed by atoms with E-state index >= 15 is 0 Å². The third kappa shape index (κ3) is 3.47. The molecule has 0 amide bonds. The van der Waals surface area contributed by atoms with Crippen LogP contribution in [0.25, 0.3) is 0 Å². The second-order valence-corrected chi connectivity index (χ2v) is 4.93. The highest BCUT2D eigenvalue weighted by Crippen LogP contribution is 2.31. The van der Waals surface area contributed by atoms with E-state index in [0.29, 0.717) is 5.92 Å². The van der Waals surface area contributed by atoms with Gasteiger partial charge in [0, 0.05) is 0 Å². The van der Waals surface area contributed by atoms with Crippen molar-refractivity contribution in [3.63, 3.8) is 0 Å². The first-order chi connectivity index (χ1) is 9.24. The van der Waals surface area contributed by atoms with Crippen molar-refractivity contribution in [2.45, 2.75) is 19.3 Å². The van der Waals surface area contributed by atoms with E-state index in [9.17, 15) is 4.79 Å². The van der Waals surface area contributed by atoms with Crippen LogP contribution in [-0.4, -0.2) is 33.3 Å². The first-order valence-electron chi connectivity index (χ1n) is 6.69. The van der Waals surface area contributed by atoms with Gasteiger partial charge in [0.1, 0.15) is 5.75 Å². The van der Waals surface area contributed by atoms with Gasteiger partial charge in [-0.1, -0.05) is 12.1 Å². The molecule has 0 radical (unpaired) electrons. The fourth-order valence-electron chi connectivity index (χ4n) is 2.64. The summed E-state index contributed by atoms with van der Waals surface area (Å²) in [5.41, 5.74) is 2.59. The van der Waals surface area contributed by atoms with Gasteiger partial charge in [-0.15, -0.1) is 0 Å². The molecule has 0 aromatic heterocycles. The molecular weight excluding hydrogens is 242 g/mol. The Hall–Kier alpha value is -1.55. The molecule has 1 atom stereocenters. The summed E-state index contributed by atoms with van der Waals surface area (Å²) in [6, 6.07) is 6.08. The zero-order chi connectivity index (χ0) is 13.7. The largest absolute Gasteiger partial charge is 0.482 e. The van der Waals surface area contributed by atoms with Crippen molar-refractivity contribution < 1.29 is 14.3 Å². The number of benzene rings is 1. The van der Waals surface area contributed by atoms with Crippen LogP contribution in [0, 0.1) is 5.92 Å². The highest BCUT2D eigenvalue weighted by Gasteiger charge is 2.21. The van der Waals surface area contributed by atoms with Crippen LogP contribution in [0.5, 0.6) is 5.75 Å². The summed E-state index contributed by atoms with van der Waals surface area (Å²) < 4.78 is 10.2. The zero-order valence-electron chi connectivity index (χ0n) is 11.6. The second-order valence-electron chi connectivity index (χ2n) is 4.93. The number of hydrogen-bond donors (Lipinski definition) is 1. The number of fused-ring (bicyclic) bond motifs is 1. The van der Waals surface area contributed by atoms with Crippen molar-refractivity contribution >= 4 is 5.97 Å². The van der Waals surface area contributed by atoms with Crippen molar-refractivity contribution in [3.8, 4) is 5.75 Å². The lowest BCUT2D eigenvalue weighted by molar-refractivity contribution is -0.142. The van der Waals surface area contributed by atoms with Gasteiger partial charge in [-0.2, -0.15) is 0 Å². The van der Waals surface area contributed by atoms with E-state index in [1.54, 1.807) is 0 Å². The summed E-state index contributed by atoms with van der Waals surface area (Å²) in [4.78, 5) is 11.1. The SMILES string of the molecule is CNCC1CCc2c(cccc2OCC(=O)OC)C1. The fraction of sp³-hybridized carbons (Fsp3) is 0.533. The van der Waals surface area contributed by atoms with Crippen LogP contribution in [-0.2, 0) is 22.4 Å². The monoisotopic (exact) mass is 263 g/mol. The van der Waals surface area contributed by atoms with E-state index in [1.165, 1.54) is 18.2 Å². The quantitative estimate of drug-likeness (QED) is 0.819. The maximum Gasteiger partial charge on any atom is 0.343 e. The molecule has 1 unspecified atom stereocenters. The molecule has 19 heavy (non-hydrogen) atoms. The Morgan fingerprint density at radius 3 is 3.05 bits per heavy atom. The van der Waals surface area contributed by atoms with E-state index in [2.05, 4.69) is 16.1 Å². The molecular formula is C15H21NO3. The first kappa shape index (κ1) is 13.9. The Morgan fingerprint density at radius 2 is 2.32 bits per heavy atom. The van der Waals surface area contributed by atoms with Gasteiger partial charge in [0.2, 0.25) is 0 Å². The zero-order valence-corrected chi connectivity index (χ0v) is 11.6. The second kappa shape index (κ2) is 6.57. The van der Waals surface area contributed by atoms with Crippen LogP contribution in [0.2, 0.25) is 0 Å². The summed E-state index contributed by atoms with van der Waals surface area (Å²) in [7, 11) is 3.36. The highest BCUT2D eigenvalue weighted by molar-refractivity contribution is 5.71. The molecule has 1 aliphatic rings. The Balaban J connectivity index is 2.07. The van der Waals surface area contributed by atoms with Gasteiger partial charge in [-0.25, -0.2) is 4.79 Å². The lowest BCUT2D eigenvalue weighted by atomic mass is 9.83. The molecule has 0 saturated carbocycles. The van der Waals surface area contributed by atoms with Crippen LogP contribution >= 0.6 is 0 Å². The fourth-order valence-corrected chi connectivity index (χ4v) is 2.64. The molecule has 0 fully saturated rings. The third-order valence-corrected chi connectivity index (χ3v) is 3.61. The van der Waals surface area contributed by atoms with Gasteiger partial charge in [0.15, 0.2) is 6.61 Å². The summed E-state index contributed by atoms with van der Waals surface area (Å²) in [6.45, 7) is 1.03. The van der Waals surface area contributed by atoms with Gasteiger partial charge in [0.25, 0.3) is 0 Å². The predicted octanol–water partition coefficient (Wildman–Crippen LogP) is 1.56. The lowest BCUT2D eigenvalue weighted by Crippen LogP contribution is -2.25. The predicted molar refractivity (Wildman–Crippen MR) is 73.4 cm³/mol. The molecule has 0 aliphatic heterocycles. The number of hydrogen-bond acceptors (Lipinski definition) is 4. The van der Waals surface area contributed by atoms with Crippen LogP contribution in [0.4, 0.5) is 0 Å². The van der Waals surface area contributed by atoms with Crippen molar-refractivity contribution in [2.75, 3.05) is 27.3 Å². The number of ether oxygens (including phenoxy) is 2. The third-order valence-electron chi connectivity index (χ3n) is 3.61. The average Bonchev–Trinajstić information content (AvgIpc) is 2.44. The molecule has 1 N–H and O–H groups in total. The number of nitrogens with one attached hydrogen (secondary N) is 1. The molecule has 2 rings (SSSR count). The van der Waals surface area contributed by atoms with Gasteiger partial charge >= 0.3 is 5.97 Å². The molecule has 1 aromatic carbocycles. The topological polar surface area (TPSA) is 47.6 Å². The molecule has 104 valence electrons. The Morgan fingerprint density at radius 1 is 1.47 bits per heavy atom. The number of methoxy groups -OCH3 is 1. The van der Waals surface area contributed by atoms with Crippen molar-refractivity contribution in [1.29, 1.82) is 0 Å². The minimum absolute atomic E-state index is 0.0209. The first-order valence-corrected chi connectivity index (χ1v) is 6.69. The highest BCUT2D eigenvalue weighted by atomic mass is 16.6. The summed E-state index contributed by atoms with van der Waals surface area (Å²) >= 11 is 0. The van der Waals surface area contributed by atoms with Crippen LogP contribution < -0.4 is 10.1 Å². The summed E-state index contributed by atoms with van der Waals surface area (Å²) in [5.74, 6) is 1.17. The standard InChI is InChI=1S/C15H21NO3/c1-16-9-11-6-7-13-12(8-11)4-3-5-14(13)19-10-15(17)18-2/h3-5,11,16H,6-10H2,1-2H3. The van der Waals surface area contributed by atoms with Gasteiger partial charge in [-0.3, -0.25) is 0 Å². The molecule has 4 nitrogen and oxygen atoms in total. The van der Waals surface area contributed by atoms with E-state index in [1.807, 2.05) is 19.2 Å². The number of carbonyl (C=O) groups excluding carboxylic acids is 1. The maximum atomic E-state index is 11.1. The van der Waals surface area contributed by atoms with Gasteiger partial charge in [-0.05, 0) is 56.0 Å². The van der Waals surface area contributed by atoms with E-state index < -0.39 is 0 Å². The number of carbonyl (C=O) groups is 1. The number of esters is 1. The van der Waals surface area contributed by atoms with E-state index in [-0.39, 0.29) is 12.6 Å². The van der Waals surface area contributed by atoms with Gasteiger partial charge < -0.3 is 14.8 Å². The minimum atomic E-state index is -0.346. The average molecular weight is 263 g/mol. The normalized spacial score (nSPS) is 17.7. The smallest absolute Gasteiger partial charge is 0.343 e. The van der Waals surface area contributed by atoms with Gasteiger partial charge in [0.05, 0.1) is 7.11 Å². The van der Waals surface area contributed by atoms with Crippen molar-refractivity contribution in [2.24, 2.45) is 5.92 Å². The maximum absolute atomic E-state index is 11.1. The van der Waals surface area contributed by atoms with Crippen LogP contribution in [0.3, 0.4) is 0 Å². The lowest BCUT2D eigenvalue weighted by Gasteiger charge is -2.26. The summed E-state index contributed by atoms with van der Waals surface area (Å²) in [5, 5.41) is 3.24. The molecule has 0 spiro atoms. The number of rotatable bonds is 5. The molecule has 0 heterocycles. The van der Waals surface area contributed by atoms with E-state index in [4.69, 9.17) is 4.74 Å². The Bertz CT molecular complexity index is 445. The molecule has 1 aliphatic carbocycles.